The molecule has 5 aliphatic rings. The van der Waals surface area contributed by atoms with Crippen molar-refractivity contribution in [1.82, 2.24) is 4.90 Å². The Morgan fingerprint density at radius 1 is 1.10 bits per heavy atom. The van der Waals surface area contributed by atoms with Gasteiger partial charge >= 0.3 is 0 Å². The van der Waals surface area contributed by atoms with Crippen LogP contribution in [0.5, 0.6) is 0 Å². The number of rotatable bonds is 6. The predicted octanol–water partition coefficient (Wildman–Crippen LogP) is 2.58. The van der Waals surface area contributed by atoms with Crippen LogP contribution in [0.3, 0.4) is 0 Å². The molecule has 3 N–H and O–H groups in total. The summed E-state index contributed by atoms with van der Waals surface area (Å²) in [6, 6.07) is 4.87. The molecule has 4 saturated carbocycles. The molecular formula is C24H32N2O4. The number of hydrogen-bond acceptors (Lipinski definition) is 4. The maximum Gasteiger partial charge on any atom is 0.254 e. The number of carbonyl (C=O) groups is 2. The Labute approximate surface area is 177 Å². The molecule has 0 spiro atoms. The minimum absolute atomic E-state index is 0.0730. The SMILES string of the molecule is O=C(CC12CC3CC(CC(C3)C1)C2)Nc1cccc2c1CCN(C(CO)CO)C2=O. The molecule has 30 heavy (non-hydrogen) atoms. The highest BCUT2D eigenvalue weighted by molar-refractivity contribution is 6.00. The summed E-state index contributed by atoms with van der Waals surface area (Å²) in [7, 11) is 0. The lowest BCUT2D eigenvalue weighted by atomic mass is 9.49. The number of hydrogen-bond donors (Lipinski definition) is 3. The molecule has 1 aromatic carbocycles. The Bertz CT molecular complexity index is 812. The zero-order valence-electron chi connectivity index (χ0n) is 17.5. The van der Waals surface area contributed by atoms with Gasteiger partial charge in [-0.3, -0.25) is 9.59 Å². The molecular weight excluding hydrogens is 380 g/mol. The van der Waals surface area contributed by atoms with Gasteiger partial charge in [0.25, 0.3) is 5.91 Å². The van der Waals surface area contributed by atoms with Crippen molar-refractivity contribution >= 4 is 17.5 Å². The van der Waals surface area contributed by atoms with Crippen LogP contribution in [0.25, 0.3) is 0 Å². The molecule has 0 radical (unpaired) electrons. The molecule has 2 amide bonds. The number of anilines is 1. The fourth-order valence-electron chi connectivity index (χ4n) is 7.31. The monoisotopic (exact) mass is 412 g/mol. The summed E-state index contributed by atoms with van der Waals surface area (Å²) in [4.78, 5) is 27.5. The second kappa shape index (κ2) is 7.65. The Balaban J connectivity index is 1.31. The minimum Gasteiger partial charge on any atom is -0.394 e. The van der Waals surface area contributed by atoms with E-state index in [9.17, 15) is 19.8 Å². The maximum absolute atomic E-state index is 13.1. The van der Waals surface area contributed by atoms with Crippen LogP contribution in [-0.2, 0) is 11.2 Å². The Morgan fingerprint density at radius 3 is 2.33 bits per heavy atom. The van der Waals surface area contributed by atoms with Crippen molar-refractivity contribution in [2.75, 3.05) is 25.1 Å². The normalized spacial score (nSPS) is 31.9. The molecule has 6 rings (SSSR count). The number of amides is 2. The number of benzene rings is 1. The average molecular weight is 413 g/mol. The summed E-state index contributed by atoms with van der Waals surface area (Å²) in [6.45, 7) is -0.0996. The van der Waals surface area contributed by atoms with Gasteiger partial charge in [-0.1, -0.05) is 6.07 Å². The van der Waals surface area contributed by atoms with Crippen LogP contribution in [0.4, 0.5) is 5.69 Å². The van der Waals surface area contributed by atoms with Crippen LogP contribution >= 0.6 is 0 Å². The Hall–Kier alpha value is -1.92. The number of aliphatic hydroxyl groups excluding tert-OH is 2. The molecule has 0 saturated heterocycles. The summed E-state index contributed by atoms with van der Waals surface area (Å²) in [5.41, 5.74) is 2.35. The lowest BCUT2D eigenvalue weighted by Gasteiger charge is -2.56. The largest absolute Gasteiger partial charge is 0.394 e. The van der Waals surface area contributed by atoms with Gasteiger partial charge in [-0.15, -0.1) is 0 Å². The van der Waals surface area contributed by atoms with E-state index in [0.29, 0.717) is 24.9 Å². The summed E-state index contributed by atoms with van der Waals surface area (Å²) in [6.07, 6.45) is 8.92. The highest BCUT2D eigenvalue weighted by Gasteiger charge is 2.51. The molecule has 4 bridgehead atoms. The van der Waals surface area contributed by atoms with E-state index in [0.717, 1.165) is 29.0 Å². The number of fused-ring (bicyclic) bond motifs is 1. The first-order valence-corrected chi connectivity index (χ1v) is 11.4. The molecule has 6 nitrogen and oxygen atoms in total. The smallest absolute Gasteiger partial charge is 0.254 e. The van der Waals surface area contributed by atoms with Crippen molar-refractivity contribution in [3.05, 3.63) is 29.3 Å². The van der Waals surface area contributed by atoms with E-state index in [2.05, 4.69) is 5.32 Å². The molecule has 6 heteroatoms. The van der Waals surface area contributed by atoms with Crippen molar-refractivity contribution in [2.45, 2.75) is 57.4 Å². The van der Waals surface area contributed by atoms with Crippen LogP contribution in [0.15, 0.2) is 18.2 Å². The number of aliphatic hydroxyl groups is 2. The maximum atomic E-state index is 13.1. The van der Waals surface area contributed by atoms with Gasteiger partial charge in [0, 0.05) is 24.2 Å². The first-order chi connectivity index (χ1) is 14.5. The van der Waals surface area contributed by atoms with E-state index in [4.69, 9.17) is 0 Å². The van der Waals surface area contributed by atoms with E-state index < -0.39 is 6.04 Å². The molecule has 4 fully saturated rings. The zero-order chi connectivity index (χ0) is 20.9. The lowest BCUT2D eigenvalue weighted by Crippen LogP contribution is -2.48. The topological polar surface area (TPSA) is 89.9 Å². The lowest BCUT2D eigenvalue weighted by molar-refractivity contribution is -0.124. The number of nitrogens with one attached hydrogen (secondary N) is 1. The van der Waals surface area contributed by atoms with Gasteiger partial charge in [-0.25, -0.2) is 0 Å². The third-order valence-corrected chi connectivity index (χ3v) is 8.11. The van der Waals surface area contributed by atoms with Gasteiger partial charge in [0.1, 0.15) is 0 Å². The van der Waals surface area contributed by atoms with Crippen molar-refractivity contribution in [2.24, 2.45) is 23.2 Å². The highest BCUT2D eigenvalue weighted by Crippen LogP contribution is 2.61. The standard InChI is InChI=1S/C24H32N2O4/c27-13-18(14-28)26-5-4-19-20(23(26)30)2-1-3-21(19)25-22(29)12-24-9-15-6-16(10-24)8-17(7-15)11-24/h1-3,15-18,27-28H,4-14H2,(H,25,29). The first kappa shape index (κ1) is 20.0. The van der Waals surface area contributed by atoms with Crippen LogP contribution in [0.2, 0.25) is 0 Å². The van der Waals surface area contributed by atoms with E-state index in [1.165, 1.54) is 43.4 Å². The van der Waals surface area contributed by atoms with E-state index in [1.807, 2.05) is 6.07 Å². The molecule has 0 atom stereocenters. The molecule has 1 heterocycles. The number of nitrogens with zero attached hydrogens (tertiary/aromatic N) is 1. The van der Waals surface area contributed by atoms with E-state index in [1.54, 1.807) is 12.1 Å². The average Bonchev–Trinajstić information content (AvgIpc) is 2.69. The zero-order valence-corrected chi connectivity index (χ0v) is 17.5. The summed E-state index contributed by atoms with van der Waals surface area (Å²) in [5, 5.41) is 22.0. The van der Waals surface area contributed by atoms with Gasteiger partial charge in [-0.05, 0) is 85.8 Å². The number of carbonyl (C=O) groups excluding carboxylic acids is 2. The van der Waals surface area contributed by atoms with Gasteiger partial charge in [0.05, 0.1) is 19.3 Å². The molecule has 0 unspecified atom stereocenters. The fraction of sp³-hybridized carbons (Fsp3) is 0.667. The Morgan fingerprint density at radius 2 is 1.73 bits per heavy atom. The van der Waals surface area contributed by atoms with Gasteiger partial charge < -0.3 is 20.4 Å². The van der Waals surface area contributed by atoms with Crippen molar-refractivity contribution in [1.29, 1.82) is 0 Å². The molecule has 1 aliphatic heterocycles. The second-order valence-corrected chi connectivity index (χ2v) is 10.2. The van der Waals surface area contributed by atoms with Gasteiger partial charge in [0.2, 0.25) is 5.91 Å². The molecule has 4 aliphatic carbocycles. The summed E-state index contributed by atoms with van der Waals surface area (Å²) >= 11 is 0. The second-order valence-electron chi connectivity index (χ2n) is 10.2. The summed E-state index contributed by atoms with van der Waals surface area (Å²) < 4.78 is 0. The molecule has 0 aromatic heterocycles. The fourth-order valence-corrected chi connectivity index (χ4v) is 7.31. The van der Waals surface area contributed by atoms with Crippen molar-refractivity contribution < 1.29 is 19.8 Å². The van der Waals surface area contributed by atoms with Crippen molar-refractivity contribution in [3.8, 4) is 0 Å². The quantitative estimate of drug-likeness (QED) is 0.670. The molecule has 162 valence electrons. The minimum atomic E-state index is -0.583. The Kier molecular flexibility index (Phi) is 5.10. The van der Waals surface area contributed by atoms with Gasteiger partial charge in [-0.2, -0.15) is 0 Å². The van der Waals surface area contributed by atoms with Crippen LogP contribution in [0, 0.1) is 23.2 Å². The van der Waals surface area contributed by atoms with Crippen LogP contribution in [-0.4, -0.2) is 52.7 Å². The third-order valence-electron chi connectivity index (χ3n) is 8.11. The predicted molar refractivity (Wildman–Crippen MR) is 113 cm³/mol. The van der Waals surface area contributed by atoms with E-state index >= 15 is 0 Å². The van der Waals surface area contributed by atoms with Crippen LogP contribution < -0.4 is 5.32 Å². The van der Waals surface area contributed by atoms with Crippen LogP contribution in [0.1, 0.15) is 60.9 Å². The van der Waals surface area contributed by atoms with E-state index in [-0.39, 0.29) is 30.4 Å². The molecule has 1 aromatic rings. The first-order valence-electron chi connectivity index (χ1n) is 11.4. The third kappa shape index (κ3) is 3.44. The van der Waals surface area contributed by atoms with Crippen molar-refractivity contribution in [3.63, 3.8) is 0 Å². The highest BCUT2D eigenvalue weighted by atomic mass is 16.3. The summed E-state index contributed by atoms with van der Waals surface area (Å²) in [5.74, 6) is 2.35. The van der Waals surface area contributed by atoms with Gasteiger partial charge in [0.15, 0.2) is 0 Å².